The summed E-state index contributed by atoms with van der Waals surface area (Å²) in [6.07, 6.45) is 3.93. The first-order valence-electron chi connectivity index (χ1n) is 16.5. The molecule has 2 aromatic carbocycles. The number of amides is 3. The van der Waals surface area contributed by atoms with Gasteiger partial charge in [0, 0.05) is 44.2 Å². The standard InChI is InChI=1S/C36H45N5O5/c1-23-36(44)41-20-26-18-28(21-40(19-26)22-31-24(2)46-35(39-31)27-13-15-29(45-3)16-14-27)32(41)10-7-11-33(42)38-30(34(43)37-23)17-12-25-8-5-4-6-9-25/h4-6,8-9,13-16,23,26,28,30,32H,7,10-12,17-22H2,1-3H3,(H,37,43)(H,38,42)/t23-,26+,28-,30+,32+/m1/s1. The molecule has 0 unspecified atom stereocenters. The van der Waals surface area contributed by atoms with Gasteiger partial charge in [0.05, 0.1) is 12.8 Å². The minimum Gasteiger partial charge on any atom is -0.497 e. The zero-order valence-corrected chi connectivity index (χ0v) is 27.0. The van der Waals surface area contributed by atoms with Crippen molar-refractivity contribution in [2.24, 2.45) is 11.8 Å². The molecule has 4 heterocycles. The van der Waals surface area contributed by atoms with Crippen LogP contribution in [0.1, 0.15) is 56.0 Å². The lowest BCUT2D eigenvalue weighted by Gasteiger charge is -2.51. The Kier molecular flexibility index (Phi) is 9.72. The van der Waals surface area contributed by atoms with Gasteiger partial charge in [-0.25, -0.2) is 4.98 Å². The zero-order chi connectivity index (χ0) is 32.2. The van der Waals surface area contributed by atoms with Gasteiger partial charge in [-0.05, 0) is 87.6 Å². The molecular formula is C36H45N5O5. The Morgan fingerprint density at radius 1 is 1.00 bits per heavy atom. The van der Waals surface area contributed by atoms with Crippen LogP contribution in [0.5, 0.6) is 5.75 Å². The van der Waals surface area contributed by atoms with Crippen LogP contribution in [0.25, 0.3) is 11.5 Å². The van der Waals surface area contributed by atoms with Crippen molar-refractivity contribution < 1.29 is 23.5 Å². The lowest BCUT2D eigenvalue weighted by atomic mass is 9.77. The number of nitrogens with zero attached hydrogens (tertiary/aromatic N) is 3. The highest BCUT2D eigenvalue weighted by Gasteiger charge is 2.44. The van der Waals surface area contributed by atoms with Crippen LogP contribution in [0.15, 0.2) is 59.0 Å². The van der Waals surface area contributed by atoms with Crippen molar-refractivity contribution >= 4 is 17.7 Å². The molecule has 0 radical (unpaired) electrons. The average molecular weight is 628 g/mol. The fourth-order valence-corrected chi connectivity index (χ4v) is 7.43. The van der Waals surface area contributed by atoms with E-state index in [1.54, 1.807) is 14.0 Å². The van der Waals surface area contributed by atoms with Gasteiger partial charge in [-0.3, -0.25) is 19.3 Å². The molecule has 0 spiro atoms. The minimum absolute atomic E-state index is 0.0141. The second-order valence-corrected chi connectivity index (χ2v) is 13.1. The summed E-state index contributed by atoms with van der Waals surface area (Å²) in [5, 5.41) is 5.90. The van der Waals surface area contributed by atoms with Crippen molar-refractivity contribution in [1.29, 1.82) is 0 Å². The molecule has 46 heavy (non-hydrogen) atoms. The van der Waals surface area contributed by atoms with Gasteiger partial charge < -0.3 is 24.7 Å². The summed E-state index contributed by atoms with van der Waals surface area (Å²) in [5.41, 5.74) is 2.93. The largest absolute Gasteiger partial charge is 0.497 e. The normalized spacial score (nSPS) is 25.9. The van der Waals surface area contributed by atoms with Crippen LogP contribution in [0.4, 0.5) is 0 Å². The molecule has 10 heteroatoms. The average Bonchev–Trinajstić information content (AvgIpc) is 3.42. The first-order chi connectivity index (χ1) is 22.3. The third-order valence-electron chi connectivity index (χ3n) is 9.78. The molecule has 3 aliphatic heterocycles. The Labute approximate surface area is 270 Å². The topological polar surface area (TPSA) is 117 Å². The maximum atomic E-state index is 13.9. The molecule has 0 saturated carbocycles. The van der Waals surface area contributed by atoms with E-state index in [0.717, 1.165) is 54.3 Å². The minimum atomic E-state index is -0.683. The number of carbonyl (C=O) groups excluding carboxylic acids is 3. The molecule has 2 bridgehead atoms. The monoisotopic (exact) mass is 627 g/mol. The van der Waals surface area contributed by atoms with Gasteiger partial charge in [-0.15, -0.1) is 0 Å². The van der Waals surface area contributed by atoms with Crippen molar-refractivity contribution in [3.63, 3.8) is 0 Å². The smallest absolute Gasteiger partial charge is 0.245 e. The van der Waals surface area contributed by atoms with Crippen molar-refractivity contribution in [2.45, 2.75) is 77.0 Å². The van der Waals surface area contributed by atoms with E-state index in [9.17, 15) is 14.4 Å². The van der Waals surface area contributed by atoms with E-state index in [2.05, 4.69) is 15.5 Å². The molecule has 0 aliphatic carbocycles. The Morgan fingerprint density at radius 2 is 1.78 bits per heavy atom. The Balaban J connectivity index is 1.12. The molecule has 3 saturated heterocycles. The summed E-state index contributed by atoms with van der Waals surface area (Å²) in [6.45, 7) is 6.75. The SMILES string of the molecule is COc1ccc(-c2nc(CN3C[C@@H]4C[C@H](C3)[C@@H]3CCCC(=O)N[C@@H](CCc5ccccc5)C(=O)N[C@H](C)C(=O)N3C4)c(C)o2)cc1. The van der Waals surface area contributed by atoms with E-state index in [1.807, 2.05) is 66.4 Å². The maximum Gasteiger partial charge on any atom is 0.245 e. The summed E-state index contributed by atoms with van der Waals surface area (Å²) in [6, 6.07) is 16.3. The van der Waals surface area contributed by atoms with Crippen molar-refractivity contribution in [2.75, 3.05) is 26.7 Å². The quantitative estimate of drug-likeness (QED) is 0.405. The predicted molar refractivity (Wildman–Crippen MR) is 174 cm³/mol. The van der Waals surface area contributed by atoms with Gasteiger partial charge in [0.2, 0.25) is 23.6 Å². The lowest BCUT2D eigenvalue weighted by Crippen LogP contribution is -2.62. The summed E-state index contributed by atoms with van der Waals surface area (Å²) >= 11 is 0. The summed E-state index contributed by atoms with van der Waals surface area (Å²) in [5.74, 6) is 2.33. The summed E-state index contributed by atoms with van der Waals surface area (Å²) in [7, 11) is 1.64. The van der Waals surface area contributed by atoms with Crippen LogP contribution >= 0.6 is 0 Å². The first-order valence-corrected chi connectivity index (χ1v) is 16.5. The van der Waals surface area contributed by atoms with Crippen molar-refractivity contribution in [1.82, 2.24) is 25.4 Å². The number of fused-ring (bicyclic) bond motifs is 4. The number of ether oxygens (including phenoxy) is 1. The molecule has 2 N–H and O–H groups in total. The van der Waals surface area contributed by atoms with Crippen LogP contribution < -0.4 is 15.4 Å². The highest BCUT2D eigenvalue weighted by atomic mass is 16.5. The molecule has 3 aromatic rings. The number of hydrogen-bond acceptors (Lipinski definition) is 7. The fourth-order valence-electron chi connectivity index (χ4n) is 7.43. The number of carbonyl (C=O) groups is 3. The van der Waals surface area contributed by atoms with Gasteiger partial charge in [-0.1, -0.05) is 30.3 Å². The van der Waals surface area contributed by atoms with E-state index in [1.165, 1.54) is 0 Å². The molecular weight excluding hydrogens is 582 g/mol. The third kappa shape index (κ3) is 7.28. The Hall–Kier alpha value is -4.18. The Morgan fingerprint density at radius 3 is 2.54 bits per heavy atom. The number of nitrogens with one attached hydrogen (secondary N) is 2. The predicted octanol–water partition coefficient (Wildman–Crippen LogP) is 4.11. The number of likely N-dealkylation sites (tertiary alicyclic amines) is 1. The molecule has 10 nitrogen and oxygen atoms in total. The number of methoxy groups -OCH3 is 1. The van der Waals surface area contributed by atoms with E-state index >= 15 is 0 Å². The highest BCUT2D eigenvalue weighted by Crippen LogP contribution is 2.37. The van der Waals surface area contributed by atoms with Gasteiger partial charge in [0.15, 0.2) is 0 Å². The van der Waals surface area contributed by atoms with Crippen LogP contribution in [-0.4, -0.2) is 77.4 Å². The van der Waals surface area contributed by atoms with Crippen LogP contribution in [0.3, 0.4) is 0 Å². The van der Waals surface area contributed by atoms with Crippen molar-refractivity contribution in [3.05, 3.63) is 71.6 Å². The van der Waals surface area contributed by atoms with E-state index < -0.39 is 12.1 Å². The summed E-state index contributed by atoms with van der Waals surface area (Å²) in [4.78, 5) is 49.6. The summed E-state index contributed by atoms with van der Waals surface area (Å²) < 4.78 is 11.3. The molecule has 6 rings (SSSR count). The molecule has 1 aromatic heterocycles. The number of rotatable bonds is 7. The third-order valence-corrected chi connectivity index (χ3v) is 9.78. The second-order valence-electron chi connectivity index (χ2n) is 13.1. The molecule has 5 atom stereocenters. The highest BCUT2D eigenvalue weighted by molar-refractivity contribution is 5.92. The zero-order valence-electron chi connectivity index (χ0n) is 27.0. The molecule has 3 aliphatic rings. The molecule has 244 valence electrons. The van der Waals surface area contributed by atoms with Crippen LogP contribution in [0, 0.1) is 18.8 Å². The number of hydrogen-bond donors (Lipinski definition) is 2. The number of piperidine rings is 2. The maximum absolute atomic E-state index is 13.9. The van der Waals surface area contributed by atoms with Gasteiger partial charge in [0.1, 0.15) is 23.6 Å². The lowest BCUT2D eigenvalue weighted by molar-refractivity contribution is -0.145. The molecule has 3 fully saturated rings. The van der Waals surface area contributed by atoms with Crippen molar-refractivity contribution in [3.8, 4) is 17.2 Å². The number of oxazole rings is 1. The van der Waals surface area contributed by atoms with Gasteiger partial charge in [0.25, 0.3) is 0 Å². The van der Waals surface area contributed by atoms with E-state index in [4.69, 9.17) is 14.1 Å². The van der Waals surface area contributed by atoms with Crippen LogP contribution in [0.2, 0.25) is 0 Å². The number of aryl methyl sites for hydroxylation is 2. The Bertz CT molecular complexity index is 1520. The first kappa shape index (κ1) is 31.8. The van der Waals surface area contributed by atoms with Crippen LogP contribution in [-0.2, 0) is 27.3 Å². The van der Waals surface area contributed by atoms with Gasteiger partial charge >= 0.3 is 0 Å². The van der Waals surface area contributed by atoms with Gasteiger partial charge in [-0.2, -0.15) is 0 Å². The van der Waals surface area contributed by atoms with E-state index in [0.29, 0.717) is 50.6 Å². The fraction of sp³-hybridized carbons (Fsp3) is 0.500. The number of benzene rings is 2. The number of aromatic nitrogens is 1. The molecule has 3 amide bonds. The second kappa shape index (κ2) is 14.1. The van der Waals surface area contributed by atoms with E-state index in [-0.39, 0.29) is 29.7 Å².